The Bertz CT molecular complexity index is 609. The fourth-order valence-corrected chi connectivity index (χ4v) is 4.67. The highest BCUT2D eigenvalue weighted by atomic mass is 19.3. The third-order valence-electron chi connectivity index (χ3n) is 6.06. The van der Waals surface area contributed by atoms with Gasteiger partial charge >= 0.3 is 6.11 Å². The van der Waals surface area contributed by atoms with Crippen molar-refractivity contribution < 1.29 is 26.7 Å². The van der Waals surface area contributed by atoms with Gasteiger partial charge < -0.3 is 4.74 Å². The Morgan fingerprint density at radius 2 is 1.80 bits per heavy atom. The average molecular weight is 362 g/mol. The zero-order chi connectivity index (χ0) is 18.2. The molecular formula is C19H23F5O. The predicted molar refractivity (Wildman–Crippen MR) is 83.9 cm³/mol. The Kier molecular flexibility index (Phi) is 5.00. The molecule has 6 heteroatoms. The van der Waals surface area contributed by atoms with Gasteiger partial charge in [-0.05, 0) is 43.4 Å². The average Bonchev–Trinajstić information content (AvgIpc) is 2.56. The van der Waals surface area contributed by atoms with E-state index in [0.717, 1.165) is 32.1 Å². The molecular weight excluding hydrogens is 339 g/mol. The summed E-state index contributed by atoms with van der Waals surface area (Å²) in [7, 11) is 0. The molecule has 140 valence electrons. The number of ether oxygens (including phenoxy) is 1. The van der Waals surface area contributed by atoms with Crippen molar-refractivity contribution in [3.63, 3.8) is 0 Å². The molecule has 1 nitrogen and oxygen atoms in total. The summed E-state index contributed by atoms with van der Waals surface area (Å²) in [5, 5.41) is 0. The second kappa shape index (κ2) is 6.76. The minimum absolute atomic E-state index is 0.0367. The molecule has 0 radical (unpaired) electrons. The van der Waals surface area contributed by atoms with Crippen molar-refractivity contribution >= 4 is 0 Å². The Hall–Kier alpha value is -1.33. The second-order valence-corrected chi connectivity index (χ2v) is 7.54. The molecule has 1 aromatic rings. The molecule has 3 rings (SSSR count). The number of halogens is 5. The van der Waals surface area contributed by atoms with Gasteiger partial charge in [-0.25, -0.2) is 13.2 Å². The van der Waals surface area contributed by atoms with Crippen molar-refractivity contribution in [3.05, 3.63) is 29.6 Å². The first kappa shape index (κ1) is 18.5. The first-order chi connectivity index (χ1) is 11.8. The van der Waals surface area contributed by atoms with Crippen LogP contribution in [0.3, 0.4) is 0 Å². The van der Waals surface area contributed by atoms with Crippen molar-refractivity contribution in [2.75, 3.05) is 0 Å². The van der Waals surface area contributed by atoms with Gasteiger partial charge in [-0.3, -0.25) is 0 Å². The highest BCUT2D eigenvalue weighted by Crippen LogP contribution is 2.60. The molecule has 3 atom stereocenters. The fraction of sp³-hybridized carbons (Fsp3) is 0.684. The monoisotopic (exact) mass is 362 g/mol. The van der Waals surface area contributed by atoms with Gasteiger partial charge in [-0.15, -0.1) is 0 Å². The maximum absolute atomic E-state index is 14.6. The van der Waals surface area contributed by atoms with Gasteiger partial charge in [0, 0.05) is 12.1 Å². The molecule has 0 aromatic heterocycles. The third kappa shape index (κ3) is 3.49. The molecule has 0 N–H and O–H groups in total. The first-order valence-corrected chi connectivity index (χ1v) is 8.99. The number of rotatable bonds is 5. The molecule has 3 unspecified atom stereocenters. The number of alkyl halides is 2. The molecule has 25 heavy (non-hydrogen) atoms. The van der Waals surface area contributed by atoms with Crippen molar-refractivity contribution in [1.82, 2.24) is 0 Å². The fourth-order valence-electron chi connectivity index (χ4n) is 4.67. The van der Waals surface area contributed by atoms with Crippen LogP contribution in [0.1, 0.15) is 58.3 Å². The molecule has 2 aliphatic rings. The van der Waals surface area contributed by atoms with Crippen LogP contribution in [-0.4, -0.2) is 6.11 Å². The Balaban J connectivity index is 1.73. The summed E-state index contributed by atoms with van der Waals surface area (Å²) in [6.45, 7) is 2.10. The van der Waals surface area contributed by atoms with Crippen molar-refractivity contribution in [2.45, 2.75) is 64.4 Å². The van der Waals surface area contributed by atoms with Gasteiger partial charge in [-0.1, -0.05) is 26.2 Å². The van der Waals surface area contributed by atoms with E-state index in [1.807, 2.05) is 0 Å². The Labute approximate surface area is 144 Å². The van der Waals surface area contributed by atoms with E-state index in [1.165, 1.54) is 0 Å². The van der Waals surface area contributed by atoms with Crippen LogP contribution in [0.2, 0.25) is 0 Å². The van der Waals surface area contributed by atoms with Crippen LogP contribution in [0, 0.1) is 34.7 Å². The maximum Gasteiger partial charge on any atom is 0.400 e. The normalized spacial score (nSPS) is 29.5. The zero-order valence-corrected chi connectivity index (χ0v) is 14.3. The van der Waals surface area contributed by atoms with Crippen molar-refractivity contribution in [3.8, 4) is 5.75 Å². The minimum Gasteiger partial charge on any atom is -0.432 e. The molecule has 0 bridgehead atoms. The van der Waals surface area contributed by atoms with Crippen LogP contribution in [0.15, 0.2) is 12.1 Å². The highest BCUT2D eigenvalue weighted by molar-refractivity contribution is 5.25. The van der Waals surface area contributed by atoms with Gasteiger partial charge in [0.25, 0.3) is 0 Å². The van der Waals surface area contributed by atoms with E-state index < -0.39 is 35.2 Å². The third-order valence-corrected chi connectivity index (χ3v) is 6.06. The summed E-state index contributed by atoms with van der Waals surface area (Å²) < 4.78 is 73.3. The summed E-state index contributed by atoms with van der Waals surface area (Å²) in [6, 6.07) is 0.933. The van der Waals surface area contributed by atoms with E-state index in [9.17, 15) is 22.0 Å². The van der Waals surface area contributed by atoms with E-state index in [2.05, 4.69) is 11.7 Å². The SMILES string of the molecule is CCCC1CCC12CCCC(C(F)(F)Oc1cc(F)c(F)c(F)c1)C2. The summed E-state index contributed by atoms with van der Waals surface area (Å²) in [4.78, 5) is 0. The lowest BCUT2D eigenvalue weighted by Gasteiger charge is -2.55. The highest BCUT2D eigenvalue weighted by Gasteiger charge is 2.54. The Morgan fingerprint density at radius 1 is 1.12 bits per heavy atom. The molecule has 2 saturated carbocycles. The summed E-state index contributed by atoms with van der Waals surface area (Å²) in [5.41, 5.74) is -0.0367. The van der Waals surface area contributed by atoms with Gasteiger partial charge in [0.15, 0.2) is 17.5 Å². The first-order valence-electron chi connectivity index (χ1n) is 8.99. The molecule has 2 aliphatic carbocycles. The second-order valence-electron chi connectivity index (χ2n) is 7.54. The van der Waals surface area contributed by atoms with E-state index in [1.54, 1.807) is 0 Å². The van der Waals surface area contributed by atoms with E-state index >= 15 is 0 Å². The van der Waals surface area contributed by atoms with Crippen LogP contribution >= 0.6 is 0 Å². The number of hydrogen-bond donors (Lipinski definition) is 0. The molecule has 0 saturated heterocycles. The molecule has 2 fully saturated rings. The van der Waals surface area contributed by atoms with Crippen LogP contribution in [0.25, 0.3) is 0 Å². The molecule has 0 aliphatic heterocycles. The largest absolute Gasteiger partial charge is 0.432 e. The summed E-state index contributed by atoms with van der Waals surface area (Å²) in [6.07, 6.45) is 2.96. The maximum atomic E-state index is 14.6. The number of benzene rings is 1. The summed E-state index contributed by atoms with van der Waals surface area (Å²) in [5.74, 6) is -5.95. The standard InChI is InChI=1S/C19H23F5O/c1-2-4-12-6-8-18(12)7-3-5-13(11-18)19(23,24)25-14-9-15(20)17(22)16(21)10-14/h9-10,12-13H,2-8,11H2,1H3. The van der Waals surface area contributed by atoms with Crippen LogP contribution in [-0.2, 0) is 0 Å². The lowest BCUT2D eigenvalue weighted by Crippen LogP contribution is -2.48. The van der Waals surface area contributed by atoms with Crippen molar-refractivity contribution in [1.29, 1.82) is 0 Å². The smallest absolute Gasteiger partial charge is 0.400 e. The molecule has 0 amide bonds. The predicted octanol–water partition coefficient (Wildman–Crippen LogP) is 6.46. The van der Waals surface area contributed by atoms with Gasteiger partial charge in [0.1, 0.15) is 5.75 Å². The van der Waals surface area contributed by atoms with Gasteiger partial charge in [-0.2, -0.15) is 8.78 Å². The molecule has 1 aromatic carbocycles. The lowest BCUT2D eigenvalue weighted by atomic mass is 9.51. The van der Waals surface area contributed by atoms with E-state index in [4.69, 9.17) is 0 Å². The van der Waals surface area contributed by atoms with E-state index in [-0.39, 0.29) is 5.41 Å². The minimum atomic E-state index is -3.53. The molecule has 1 spiro atoms. The summed E-state index contributed by atoms with van der Waals surface area (Å²) >= 11 is 0. The van der Waals surface area contributed by atoms with Crippen LogP contribution in [0.5, 0.6) is 5.75 Å². The Morgan fingerprint density at radius 3 is 2.36 bits per heavy atom. The van der Waals surface area contributed by atoms with Crippen molar-refractivity contribution in [2.24, 2.45) is 17.3 Å². The van der Waals surface area contributed by atoms with E-state index in [0.29, 0.717) is 37.3 Å². The van der Waals surface area contributed by atoms with Crippen LogP contribution < -0.4 is 4.74 Å². The molecule has 0 heterocycles. The zero-order valence-electron chi connectivity index (χ0n) is 14.3. The topological polar surface area (TPSA) is 9.23 Å². The lowest BCUT2D eigenvalue weighted by molar-refractivity contribution is -0.238. The number of hydrogen-bond acceptors (Lipinski definition) is 1. The van der Waals surface area contributed by atoms with Gasteiger partial charge in [0.05, 0.1) is 5.92 Å². The van der Waals surface area contributed by atoms with Crippen LogP contribution in [0.4, 0.5) is 22.0 Å². The van der Waals surface area contributed by atoms with Gasteiger partial charge in [0.2, 0.25) is 0 Å². The quantitative estimate of drug-likeness (QED) is 0.431.